The second kappa shape index (κ2) is 8.96. The van der Waals surface area contributed by atoms with Crippen LogP contribution >= 0.6 is 0 Å². The number of nitrogens with zero attached hydrogens (tertiary/aromatic N) is 3. The normalized spacial score (nSPS) is 25.6. The zero-order valence-corrected chi connectivity index (χ0v) is 20.2. The Balaban J connectivity index is 1.47. The minimum atomic E-state index is -0.878. The predicted molar refractivity (Wildman–Crippen MR) is 132 cm³/mol. The number of ether oxygens (including phenoxy) is 1. The van der Waals surface area contributed by atoms with Gasteiger partial charge in [-0.3, -0.25) is 4.79 Å². The maximum Gasteiger partial charge on any atom is 0.250 e. The average molecular weight is 476 g/mol. The molecular formula is C28H30FN3O3. The summed E-state index contributed by atoms with van der Waals surface area (Å²) in [6.07, 6.45) is 7.97. The Bertz CT molecular complexity index is 1280. The van der Waals surface area contributed by atoms with Gasteiger partial charge < -0.3 is 19.3 Å². The molecule has 1 aromatic heterocycles. The highest BCUT2D eigenvalue weighted by Gasteiger charge is 2.46. The van der Waals surface area contributed by atoms with Gasteiger partial charge in [-0.1, -0.05) is 18.2 Å². The molecule has 2 aromatic carbocycles. The second-order valence-electron chi connectivity index (χ2n) is 9.90. The molecule has 6 nitrogen and oxygen atoms in total. The summed E-state index contributed by atoms with van der Waals surface area (Å²) in [5, 5.41) is 10.9. The summed E-state index contributed by atoms with van der Waals surface area (Å²) in [6.45, 7) is 3.76. The molecule has 2 aliphatic rings. The minimum Gasteiger partial charge on any atom is -0.495 e. The van der Waals surface area contributed by atoms with Gasteiger partial charge >= 0.3 is 0 Å². The number of rotatable bonds is 4. The number of piperidine rings is 2. The lowest BCUT2D eigenvalue weighted by molar-refractivity contribution is -0.144. The van der Waals surface area contributed by atoms with Gasteiger partial charge in [0.25, 0.3) is 5.91 Å². The van der Waals surface area contributed by atoms with Crippen LogP contribution in [0.5, 0.6) is 5.75 Å². The first-order valence-electron chi connectivity index (χ1n) is 11.9. The summed E-state index contributed by atoms with van der Waals surface area (Å²) >= 11 is 0. The van der Waals surface area contributed by atoms with Gasteiger partial charge in [0, 0.05) is 24.2 Å². The smallest absolute Gasteiger partial charge is 0.250 e. The molecule has 35 heavy (non-hydrogen) atoms. The first kappa shape index (κ1) is 23.3. The van der Waals surface area contributed by atoms with E-state index >= 15 is 0 Å². The van der Waals surface area contributed by atoms with E-state index in [-0.39, 0.29) is 23.8 Å². The summed E-state index contributed by atoms with van der Waals surface area (Å²) in [5.74, 6) is 0.345. The number of carbonyl (C=O) groups excluding carboxylic acids is 1. The SMILES string of the molecule is COc1cc(C=C2CC[C@H]3CC(C)(O)CC(c4ccc(F)cc4)N3C2=O)ccc1-n1cnc(C)c1. The van der Waals surface area contributed by atoms with Crippen LogP contribution in [0, 0.1) is 12.7 Å². The van der Waals surface area contributed by atoms with Crippen molar-refractivity contribution in [1.29, 1.82) is 0 Å². The van der Waals surface area contributed by atoms with E-state index in [0.717, 1.165) is 34.5 Å². The van der Waals surface area contributed by atoms with Crippen LogP contribution in [0.2, 0.25) is 0 Å². The highest BCUT2D eigenvalue weighted by atomic mass is 19.1. The summed E-state index contributed by atoms with van der Waals surface area (Å²) in [6, 6.07) is 11.7. The quantitative estimate of drug-likeness (QED) is 0.540. The molecule has 2 saturated heterocycles. The number of hydrogen-bond donors (Lipinski definition) is 1. The number of halogens is 1. The summed E-state index contributed by atoms with van der Waals surface area (Å²) in [5.41, 5.74) is 3.36. The fraction of sp³-hybridized carbons (Fsp3) is 0.357. The van der Waals surface area contributed by atoms with Crippen molar-refractivity contribution in [1.82, 2.24) is 14.5 Å². The van der Waals surface area contributed by atoms with Crippen LogP contribution in [0.3, 0.4) is 0 Å². The third kappa shape index (κ3) is 4.60. The lowest BCUT2D eigenvalue weighted by atomic mass is 9.77. The van der Waals surface area contributed by atoms with E-state index in [0.29, 0.717) is 25.0 Å². The third-order valence-electron chi connectivity index (χ3n) is 7.08. The van der Waals surface area contributed by atoms with Crippen LogP contribution in [0.1, 0.15) is 55.5 Å². The maximum atomic E-state index is 13.7. The van der Waals surface area contributed by atoms with E-state index in [2.05, 4.69) is 4.98 Å². The Morgan fingerprint density at radius 3 is 2.66 bits per heavy atom. The lowest BCUT2D eigenvalue weighted by Crippen LogP contribution is -2.55. The number of methoxy groups -OCH3 is 1. The van der Waals surface area contributed by atoms with Crippen molar-refractivity contribution in [2.75, 3.05) is 7.11 Å². The molecule has 0 radical (unpaired) electrons. The molecule has 3 aromatic rings. The molecule has 0 saturated carbocycles. The van der Waals surface area contributed by atoms with Crippen LogP contribution in [0.25, 0.3) is 11.8 Å². The zero-order chi connectivity index (χ0) is 24.7. The molecule has 3 atom stereocenters. The van der Waals surface area contributed by atoms with Crippen LogP contribution < -0.4 is 4.74 Å². The van der Waals surface area contributed by atoms with Gasteiger partial charge in [-0.25, -0.2) is 9.37 Å². The molecule has 3 heterocycles. The van der Waals surface area contributed by atoms with Crippen LogP contribution in [-0.4, -0.2) is 44.2 Å². The predicted octanol–water partition coefficient (Wildman–Crippen LogP) is 4.99. The zero-order valence-electron chi connectivity index (χ0n) is 20.2. The van der Waals surface area contributed by atoms with Crippen LogP contribution in [0.4, 0.5) is 4.39 Å². The monoisotopic (exact) mass is 475 g/mol. The van der Waals surface area contributed by atoms with Gasteiger partial charge in [-0.15, -0.1) is 0 Å². The fourth-order valence-electron chi connectivity index (χ4n) is 5.45. The van der Waals surface area contributed by atoms with Gasteiger partial charge in [0.1, 0.15) is 11.6 Å². The largest absolute Gasteiger partial charge is 0.495 e. The van der Waals surface area contributed by atoms with Crippen LogP contribution in [0.15, 0.2) is 60.6 Å². The Hall–Kier alpha value is -3.45. The van der Waals surface area contributed by atoms with Crippen molar-refractivity contribution < 1.29 is 19.0 Å². The van der Waals surface area contributed by atoms with Gasteiger partial charge in [0.2, 0.25) is 0 Å². The number of carbonyl (C=O) groups is 1. The maximum absolute atomic E-state index is 13.7. The lowest BCUT2D eigenvalue weighted by Gasteiger charge is -2.50. The molecule has 5 rings (SSSR count). The number of amides is 1. The number of aromatic nitrogens is 2. The number of fused-ring (bicyclic) bond motifs is 1. The van der Waals surface area contributed by atoms with Gasteiger partial charge in [0.05, 0.1) is 36.5 Å². The molecule has 0 spiro atoms. The summed E-state index contributed by atoms with van der Waals surface area (Å²) in [4.78, 5) is 19.9. The Kier molecular flexibility index (Phi) is 5.97. The molecule has 2 unspecified atom stereocenters. The molecule has 2 fully saturated rings. The van der Waals surface area contributed by atoms with Crippen molar-refractivity contribution in [3.8, 4) is 11.4 Å². The van der Waals surface area contributed by atoms with Crippen molar-refractivity contribution in [3.05, 3.63) is 83.2 Å². The number of benzene rings is 2. The van der Waals surface area contributed by atoms with E-state index in [4.69, 9.17) is 4.74 Å². The highest BCUT2D eigenvalue weighted by Crippen LogP contribution is 2.44. The fourth-order valence-corrected chi connectivity index (χ4v) is 5.45. The van der Waals surface area contributed by atoms with E-state index in [9.17, 15) is 14.3 Å². The Morgan fingerprint density at radius 1 is 1.20 bits per heavy atom. The topological polar surface area (TPSA) is 67.6 Å². The molecule has 0 bridgehead atoms. The Morgan fingerprint density at radius 2 is 1.97 bits per heavy atom. The van der Waals surface area contributed by atoms with Crippen molar-refractivity contribution >= 4 is 12.0 Å². The Labute approximate surface area is 204 Å². The molecule has 1 amide bonds. The van der Waals surface area contributed by atoms with Gasteiger partial charge in [-0.05, 0) is 74.6 Å². The molecular weight excluding hydrogens is 445 g/mol. The highest BCUT2D eigenvalue weighted by molar-refractivity contribution is 5.99. The van der Waals surface area contributed by atoms with E-state index < -0.39 is 5.60 Å². The van der Waals surface area contributed by atoms with Gasteiger partial charge in [-0.2, -0.15) is 0 Å². The summed E-state index contributed by atoms with van der Waals surface area (Å²) in [7, 11) is 1.63. The second-order valence-corrected chi connectivity index (χ2v) is 9.90. The van der Waals surface area contributed by atoms with Crippen LogP contribution in [-0.2, 0) is 4.79 Å². The number of imidazole rings is 1. The molecule has 1 N–H and O–H groups in total. The average Bonchev–Trinajstić information content (AvgIpc) is 3.26. The number of aryl methyl sites for hydroxylation is 1. The molecule has 2 aliphatic heterocycles. The standard InChI is InChI=1S/C28H30FN3O3/c1-18-16-31(17-30-18)24-11-4-19(13-26(24)35-3)12-21-7-10-23-14-28(2,34)15-25(32(23)27(21)33)20-5-8-22(29)9-6-20/h4-6,8-9,11-13,16-17,23,25,34H,7,10,14-15H2,1-3H3/t23-,25?,28?/m0/s1. The first-order valence-corrected chi connectivity index (χ1v) is 11.9. The van der Waals surface area contributed by atoms with Crippen molar-refractivity contribution in [2.45, 2.75) is 57.2 Å². The van der Waals surface area contributed by atoms with Crippen molar-refractivity contribution in [3.63, 3.8) is 0 Å². The molecule has 0 aliphatic carbocycles. The summed E-state index contributed by atoms with van der Waals surface area (Å²) < 4.78 is 21.1. The van der Waals surface area contributed by atoms with Gasteiger partial charge in [0.15, 0.2) is 0 Å². The number of hydrogen-bond acceptors (Lipinski definition) is 4. The molecule has 182 valence electrons. The van der Waals surface area contributed by atoms with E-state index in [1.54, 1.807) is 25.6 Å². The number of aliphatic hydroxyl groups is 1. The molecule has 7 heteroatoms. The minimum absolute atomic E-state index is 0.0284. The van der Waals surface area contributed by atoms with E-state index in [1.807, 2.05) is 53.8 Å². The first-order chi connectivity index (χ1) is 16.7. The van der Waals surface area contributed by atoms with Crippen molar-refractivity contribution in [2.24, 2.45) is 0 Å². The third-order valence-corrected chi connectivity index (χ3v) is 7.08. The van der Waals surface area contributed by atoms with E-state index in [1.165, 1.54) is 12.1 Å².